The van der Waals surface area contributed by atoms with E-state index in [-0.39, 0.29) is 18.5 Å². The van der Waals surface area contributed by atoms with Crippen LogP contribution in [-0.4, -0.2) is 47.4 Å². The van der Waals surface area contributed by atoms with Gasteiger partial charge >= 0.3 is 5.97 Å². The van der Waals surface area contributed by atoms with Gasteiger partial charge in [-0.1, -0.05) is 379 Å². The maximum Gasteiger partial charge on any atom is 0.305 e. The molecule has 0 aliphatic heterocycles. The summed E-state index contributed by atoms with van der Waals surface area (Å²) >= 11 is 0. The molecule has 6 nitrogen and oxygen atoms in total. The van der Waals surface area contributed by atoms with Gasteiger partial charge in [-0.2, -0.15) is 0 Å². The fourth-order valence-corrected chi connectivity index (χ4v) is 12.1. The third kappa shape index (κ3) is 67.6. The van der Waals surface area contributed by atoms with E-state index >= 15 is 0 Å². The Hall–Kier alpha value is -1.40. The Balaban J connectivity index is 3.36. The highest BCUT2D eigenvalue weighted by atomic mass is 16.5. The van der Waals surface area contributed by atoms with Gasteiger partial charge in [-0.15, -0.1) is 0 Å². The van der Waals surface area contributed by atoms with E-state index in [0.717, 1.165) is 38.5 Å². The minimum Gasteiger partial charge on any atom is -0.466 e. The lowest BCUT2D eigenvalue weighted by atomic mass is 10.0. The normalized spacial score (nSPS) is 12.5. The number of esters is 1. The van der Waals surface area contributed by atoms with Gasteiger partial charge in [-0.25, -0.2) is 0 Å². The number of carbonyl (C=O) groups is 2. The average Bonchev–Trinajstić information content (AvgIpc) is 3.47. The highest BCUT2D eigenvalue weighted by molar-refractivity contribution is 5.76. The highest BCUT2D eigenvalue weighted by Gasteiger charge is 2.20. The summed E-state index contributed by atoms with van der Waals surface area (Å²) in [4.78, 5) is 24.6. The van der Waals surface area contributed by atoms with Gasteiger partial charge in [0.15, 0.2) is 0 Å². The summed E-state index contributed by atoms with van der Waals surface area (Å²) in [6, 6.07) is -0.540. The number of allylic oxidation sites excluding steroid dienone is 2. The maximum atomic E-state index is 12.6. The fraction of sp³-hybridized carbons (Fsp3) is 0.947. The molecular formula is C75H147NO5. The Morgan fingerprint density at radius 3 is 0.877 bits per heavy atom. The molecule has 0 rings (SSSR count). The molecule has 0 bridgehead atoms. The first-order chi connectivity index (χ1) is 40.0. The molecule has 0 aromatic heterocycles. The predicted octanol–water partition coefficient (Wildman–Crippen LogP) is 24.3. The number of unbranched alkanes of at least 4 members (excludes halogenated alkanes) is 58. The first kappa shape index (κ1) is 79.6. The molecule has 0 saturated carbocycles. The van der Waals surface area contributed by atoms with Crippen LogP contribution in [0.1, 0.15) is 431 Å². The van der Waals surface area contributed by atoms with E-state index in [4.69, 9.17) is 4.74 Å². The van der Waals surface area contributed by atoms with Crippen molar-refractivity contribution in [3.8, 4) is 0 Å². The van der Waals surface area contributed by atoms with Crippen LogP contribution in [-0.2, 0) is 14.3 Å². The molecule has 6 heteroatoms. The van der Waals surface area contributed by atoms with Crippen molar-refractivity contribution >= 4 is 11.9 Å². The zero-order valence-corrected chi connectivity index (χ0v) is 55.3. The fourth-order valence-electron chi connectivity index (χ4n) is 12.1. The topological polar surface area (TPSA) is 95.9 Å². The molecule has 0 heterocycles. The molecule has 1 amide bonds. The Morgan fingerprint density at radius 1 is 0.333 bits per heavy atom. The van der Waals surface area contributed by atoms with Gasteiger partial charge in [0.05, 0.1) is 25.4 Å². The van der Waals surface area contributed by atoms with Gasteiger partial charge in [0, 0.05) is 12.8 Å². The van der Waals surface area contributed by atoms with Crippen molar-refractivity contribution in [1.82, 2.24) is 5.32 Å². The molecule has 0 aromatic carbocycles. The molecule has 0 spiro atoms. The van der Waals surface area contributed by atoms with Gasteiger partial charge in [0.25, 0.3) is 0 Å². The van der Waals surface area contributed by atoms with Gasteiger partial charge in [-0.05, 0) is 51.4 Å². The molecule has 2 unspecified atom stereocenters. The van der Waals surface area contributed by atoms with Crippen LogP contribution in [0.4, 0.5) is 0 Å². The van der Waals surface area contributed by atoms with Crippen LogP contribution in [0.3, 0.4) is 0 Å². The average molecular weight is 1140 g/mol. The standard InChI is InChI=1S/C75H147NO5/c1-3-5-7-9-11-13-15-16-17-18-19-20-32-35-38-41-44-48-51-55-59-63-67-73(78)72(71-77)76-74(79)68-64-60-56-52-49-45-42-39-36-33-30-28-26-24-22-21-23-25-27-29-31-34-37-40-43-46-50-54-58-62-66-70-81-75(80)69-65-61-57-53-47-14-12-10-8-6-4-2/h23,25,72-73,77-78H,3-22,24,26-71H2,1-2H3,(H,76,79)/b25-23-. The summed E-state index contributed by atoms with van der Waals surface area (Å²) in [6.07, 6.45) is 88.6. The third-order valence-corrected chi connectivity index (χ3v) is 17.8. The van der Waals surface area contributed by atoms with Gasteiger partial charge in [0.2, 0.25) is 5.91 Å². The summed E-state index contributed by atoms with van der Waals surface area (Å²) < 4.78 is 5.48. The van der Waals surface area contributed by atoms with Crippen LogP contribution in [0.5, 0.6) is 0 Å². The second kappa shape index (κ2) is 71.1. The van der Waals surface area contributed by atoms with Crippen LogP contribution < -0.4 is 5.32 Å². The summed E-state index contributed by atoms with van der Waals surface area (Å²) in [5, 5.41) is 23.4. The molecule has 0 fully saturated rings. The second-order valence-electron chi connectivity index (χ2n) is 26.0. The monoisotopic (exact) mass is 1140 g/mol. The molecular weight excluding hydrogens is 995 g/mol. The summed E-state index contributed by atoms with van der Waals surface area (Å²) in [5.74, 6) is -0.00895. The third-order valence-electron chi connectivity index (χ3n) is 17.8. The number of aliphatic hydroxyl groups excluding tert-OH is 2. The minimum absolute atomic E-state index is 0.0184. The number of nitrogens with one attached hydrogen (secondary N) is 1. The minimum atomic E-state index is -0.663. The molecule has 482 valence electrons. The summed E-state index contributed by atoms with van der Waals surface area (Å²) in [7, 11) is 0. The summed E-state index contributed by atoms with van der Waals surface area (Å²) in [5.41, 5.74) is 0. The van der Waals surface area contributed by atoms with Crippen LogP contribution in [0.2, 0.25) is 0 Å². The van der Waals surface area contributed by atoms with Crippen LogP contribution in [0, 0.1) is 0 Å². The molecule has 0 aromatic rings. The number of hydrogen-bond donors (Lipinski definition) is 3. The first-order valence-corrected chi connectivity index (χ1v) is 37.4. The number of amides is 1. The molecule has 0 radical (unpaired) electrons. The van der Waals surface area contributed by atoms with E-state index in [1.807, 2.05) is 0 Å². The Morgan fingerprint density at radius 2 is 0.580 bits per heavy atom. The van der Waals surface area contributed by atoms with Crippen molar-refractivity contribution in [2.45, 2.75) is 443 Å². The second-order valence-corrected chi connectivity index (χ2v) is 26.0. The molecule has 3 N–H and O–H groups in total. The predicted molar refractivity (Wildman–Crippen MR) is 357 cm³/mol. The van der Waals surface area contributed by atoms with E-state index < -0.39 is 12.1 Å². The van der Waals surface area contributed by atoms with Crippen molar-refractivity contribution in [1.29, 1.82) is 0 Å². The van der Waals surface area contributed by atoms with Crippen molar-refractivity contribution in [3.05, 3.63) is 12.2 Å². The van der Waals surface area contributed by atoms with E-state index in [2.05, 4.69) is 31.3 Å². The lowest BCUT2D eigenvalue weighted by Crippen LogP contribution is -2.45. The van der Waals surface area contributed by atoms with Crippen molar-refractivity contribution in [3.63, 3.8) is 0 Å². The zero-order valence-electron chi connectivity index (χ0n) is 55.3. The Labute approximate surface area is 508 Å². The number of rotatable bonds is 71. The Bertz CT molecular complexity index is 1220. The molecule has 0 aliphatic carbocycles. The molecule has 0 saturated heterocycles. The van der Waals surface area contributed by atoms with Gasteiger partial charge < -0.3 is 20.3 Å². The van der Waals surface area contributed by atoms with Crippen molar-refractivity contribution < 1.29 is 24.5 Å². The highest BCUT2D eigenvalue weighted by Crippen LogP contribution is 2.20. The van der Waals surface area contributed by atoms with E-state index in [1.165, 1.54) is 360 Å². The molecule has 0 aliphatic rings. The van der Waals surface area contributed by atoms with Crippen molar-refractivity contribution in [2.24, 2.45) is 0 Å². The van der Waals surface area contributed by atoms with Crippen LogP contribution in [0.25, 0.3) is 0 Å². The van der Waals surface area contributed by atoms with Crippen molar-refractivity contribution in [2.75, 3.05) is 13.2 Å². The van der Waals surface area contributed by atoms with E-state index in [0.29, 0.717) is 25.9 Å². The number of carbonyl (C=O) groups excluding carboxylic acids is 2. The van der Waals surface area contributed by atoms with E-state index in [1.54, 1.807) is 0 Å². The quantitative estimate of drug-likeness (QED) is 0.0320. The largest absolute Gasteiger partial charge is 0.466 e. The van der Waals surface area contributed by atoms with Crippen LogP contribution >= 0.6 is 0 Å². The molecule has 81 heavy (non-hydrogen) atoms. The SMILES string of the molecule is CCCCCCCCCCCCCCCCCCCCCCCCC(O)C(CO)NC(=O)CCCCCCCCCCCCCCCCC/C=C\CCCCCCCCCCCCCCOC(=O)CCCCCCCCCCCCC. The van der Waals surface area contributed by atoms with Crippen LogP contribution in [0.15, 0.2) is 12.2 Å². The lowest BCUT2D eigenvalue weighted by Gasteiger charge is -2.22. The lowest BCUT2D eigenvalue weighted by molar-refractivity contribution is -0.143. The van der Waals surface area contributed by atoms with Gasteiger partial charge in [-0.3, -0.25) is 9.59 Å². The number of aliphatic hydroxyl groups is 2. The number of ether oxygens (including phenoxy) is 1. The maximum absolute atomic E-state index is 12.6. The first-order valence-electron chi connectivity index (χ1n) is 37.4. The molecule has 2 atom stereocenters. The smallest absolute Gasteiger partial charge is 0.305 e. The zero-order chi connectivity index (χ0) is 58.5. The van der Waals surface area contributed by atoms with Gasteiger partial charge in [0.1, 0.15) is 0 Å². The summed E-state index contributed by atoms with van der Waals surface area (Å²) in [6.45, 7) is 5.00. The number of hydrogen-bond acceptors (Lipinski definition) is 5. The Kier molecular flexibility index (Phi) is 69.9. The van der Waals surface area contributed by atoms with E-state index in [9.17, 15) is 19.8 Å².